The number of carbonyl (C=O) groups is 2. The molecule has 0 aliphatic rings. The van der Waals surface area contributed by atoms with E-state index in [0.29, 0.717) is 13.0 Å². The maximum atomic E-state index is 12.1. The molecule has 0 saturated carbocycles. The van der Waals surface area contributed by atoms with Gasteiger partial charge >= 0.3 is 11.9 Å². The molecule has 0 bridgehead atoms. The van der Waals surface area contributed by atoms with Gasteiger partial charge in [-0.2, -0.15) is 0 Å². The van der Waals surface area contributed by atoms with Gasteiger partial charge < -0.3 is 13.6 Å². The Morgan fingerprint density at radius 2 is 1.41 bits per heavy atom. The first-order valence-electron chi connectivity index (χ1n) is 10.3. The lowest BCUT2D eigenvalue weighted by Crippen LogP contribution is -2.52. The van der Waals surface area contributed by atoms with Crippen LogP contribution in [-0.4, -0.2) is 40.9 Å². The van der Waals surface area contributed by atoms with Gasteiger partial charge in [0.15, 0.2) is 8.32 Å². The van der Waals surface area contributed by atoms with Gasteiger partial charge in [-0.15, -0.1) is 0 Å². The van der Waals surface area contributed by atoms with E-state index in [0.717, 1.165) is 25.0 Å². The summed E-state index contributed by atoms with van der Waals surface area (Å²) >= 11 is 0. The molecule has 0 fully saturated rings. The fraction of sp³-hybridized carbons (Fsp3) is 0.800. The van der Waals surface area contributed by atoms with E-state index in [1.165, 1.54) is 25.7 Å². The molecule has 1 unspecified atom stereocenters. The van der Waals surface area contributed by atoms with Crippen LogP contribution in [-0.2, 0) is 23.2 Å². The Morgan fingerprint density at radius 3 is 1.96 bits per heavy atom. The van der Waals surface area contributed by atoms with Crippen molar-refractivity contribution in [3.8, 4) is 0 Å². The number of unbranched alkanes of at least 4 members (excludes halogenated alkanes) is 5. The highest BCUT2D eigenvalue weighted by Gasteiger charge is 2.39. The van der Waals surface area contributed by atoms with Crippen LogP contribution in [0.1, 0.15) is 58.8 Å². The van der Waals surface area contributed by atoms with Crippen molar-refractivity contribution in [3.05, 3.63) is 12.2 Å². The molecule has 5 nitrogen and oxygen atoms in total. The van der Waals surface area contributed by atoms with Crippen molar-refractivity contribution in [1.29, 1.82) is 0 Å². The smallest absolute Gasteiger partial charge is 0.331 e. The van der Waals surface area contributed by atoms with E-state index >= 15 is 0 Å². The molecule has 0 spiro atoms. The van der Waals surface area contributed by atoms with Crippen LogP contribution in [0.3, 0.4) is 0 Å². The van der Waals surface area contributed by atoms with Crippen molar-refractivity contribution in [3.63, 3.8) is 0 Å². The predicted octanol–water partition coefficient (Wildman–Crippen LogP) is 5.36. The predicted molar refractivity (Wildman–Crippen MR) is 116 cm³/mol. The van der Waals surface area contributed by atoms with Crippen molar-refractivity contribution in [2.75, 3.05) is 6.61 Å². The minimum Gasteiger partial charge on any atom is -0.463 e. The lowest BCUT2D eigenvalue weighted by atomic mass is 10.1. The van der Waals surface area contributed by atoms with Crippen LogP contribution in [0.5, 0.6) is 0 Å². The van der Waals surface area contributed by atoms with Crippen molar-refractivity contribution < 1.29 is 23.2 Å². The number of esters is 2. The number of hydrogen-bond donors (Lipinski definition) is 0. The third kappa shape index (κ3) is 13.8. The van der Waals surface area contributed by atoms with Gasteiger partial charge in [0.1, 0.15) is 5.73 Å². The molecule has 0 aliphatic carbocycles. The summed E-state index contributed by atoms with van der Waals surface area (Å²) in [5.74, 6) is -1.01. The van der Waals surface area contributed by atoms with Crippen LogP contribution in [0.2, 0.25) is 32.7 Å². The molecule has 0 rings (SSSR count). The summed E-state index contributed by atoms with van der Waals surface area (Å²) in [6.45, 7) is 15.1. The number of carbonyl (C=O) groups excluding carboxylic acids is 2. The normalized spacial score (nSPS) is 13.6. The van der Waals surface area contributed by atoms with E-state index < -0.39 is 28.6 Å². The van der Waals surface area contributed by atoms with Gasteiger partial charge in [-0.05, 0) is 45.6 Å². The standard InChI is InChI=1S/C20H40O5Si2/c1-8-10-11-12-13-14-17-23-18(21)15-16-19(22)24-20(9-2)27(6,7)25-26(3,4)5/h15-16,20H,8-14,17H2,1-7H3/b16-15+. The summed E-state index contributed by atoms with van der Waals surface area (Å²) in [5.41, 5.74) is -0.236. The van der Waals surface area contributed by atoms with Crippen molar-refractivity contribution >= 4 is 28.6 Å². The van der Waals surface area contributed by atoms with E-state index in [1.54, 1.807) is 0 Å². The monoisotopic (exact) mass is 416 g/mol. The zero-order chi connectivity index (χ0) is 20.9. The molecule has 0 saturated heterocycles. The highest BCUT2D eigenvalue weighted by Crippen LogP contribution is 2.22. The molecule has 27 heavy (non-hydrogen) atoms. The summed E-state index contributed by atoms with van der Waals surface area (Å²) < 4.78 is 17.0. The third-order valence-corrected chi connectivity index (χ3v) is 10.7. The van der Waals surface area contributed by atoms with Crippen molar-refractivity contribution in [1.82, 2.24) is 0 Å². The number of ether oxygens (including phenoxy) is 2. The lowest BCUT2D eigenvalue weighted by Gasteiger charge is -2.36. The summed E-state index contributed by atoms with van der Waals surface area (Å²) in [7, 11) is -3.87. The van der Waals surface area contributed by atoms with Gasteiger partial charge in [-0.3, -0.25) is 0 Å². The van der Waals surface area contributed by atoms with Gasteiger partial charge in [-0.1, -0.05) is 46.0 Å². The van der Waals surface area contributed by atoms with E-state index in [4.69, 9.17) is 13.6 Å². The summed E-state index contributed by atoms with van der Waals surface area (Å²) in [6.07, 6.45) is 9.82. The Balaban J connectivity index is 4.28. The van der Waals surface area contributed by atoms with E-state index in [1.807, 2.05) is 6.92 Å². The van der Waals surface area contributed by atoms with Crippen LogP contribution in [0.4, 0.5) is 0 Å². The zero-order valence-corrected chi connectivity index (χ0v) is 20.4. The second-order valence-electron chi connectivity index (χ2n) is 8.42. The molecule has 1 atom stereocenters. The van der Waals surface area contributed by atoms with Crippen molar-refractivity contribution in [2.24, 2.45) is 0 Å². The highest BCUT2D eigenvalue weighted by molar-refractivity contribution is 6.84. The van der Waals surface area contributed by atoms with Gasteiger partial charge in [0.05, 0.1) is 6.61 Å². The van der Waals surface area contributed by atoms with Crippen LogP contribution in [0.25, 0.3) is 0 Å². The minimum atomic E-state index is -2.16. The van der Waals surface area contributed by atoms with E-state index in [9.17, 15) is 9.59 Å². The van der Waals surface area contributed by atoms with Crippen LogP contribution >= 0.6 is 0 Å². The fourth-order valence-corrected chi connectivity index (χ4v) is 11.2. The zero-order valence-electron chi connectivity index (χ0n) is 18.4. The van der Waals surface area contributed by atoms with Gasteiger partial charge in [0.2, 0.25) is 8.32 Å². The second kappa shape index (κ2) is 13.3. The topological polar surface area (TPSA) is 61.8 Å². The van der Waals surface area contributed by atoms with E-state index in [-0.39, 0.29) is 5.73 Å². The molecule has 0 N–H and O–H groups in total. The largest absolute Gasteiger partial charge is 0.463 e. The molecule has 158 valence electrons. The molecule has 0 amide bonds. The lowest BCUT2D eigenvalue weighted by molar-refractivity contribution is -0.142. The fourth-order valence-electron chi connectivity index (χ4n) is 2.99. The summed E-state index contributed by atoms with van der Waals surface area (Å²) in [6, 6.07) is 0. The first kappa shape index (κ1) is 26.1. The quantitative estimate of drug-likeness (QED) is 0.165. The van der Waals surface area contributed by atoms with E-state index in [2.05, 4.69) is 39.7 Å². The molecular weight excluding hydrogens is 376 g/mol. The van der Waals surface area contributed by atoms with Crippen molar-refractivity contribution in [2.45, 2.75) is 97.3 Å². The minimum absolute atomic E-state index is 0.236. The molecular formula is C20H40O5Si2. The molecule has 7 heteroatoms. The average Bonchev–Trinajstić information content (AvgIpc) is 2.54. The number of hydrogen-bond acceptors (Lipinski definition) is 5. The first-order valence-corrected chi connectivity index (χ1v) is 16.7. The van der Waals surface area contributed by atoms with Gasteiger partial charge in [-0.25, -0.2) is 9.59 Å². The Bertz CT molecular complexity index is 469. The maximum Gasteiger partial charge on any atom is 0.331 e. The maximum absolute atomic E-state index is 12.1. The Morgan fingerprint density at radius 1 is 0.852 bits per heavy atom. The molecule has 0 aliphatic heterocycles. The van der Waals surface area contributed by atoms with Crippen LogP contribution in [0, 0.1) is 0 Å². The summed E-state index contributed by atoms with van der Waals surface area (Å²) in [5, 5.41) is 0. The SMILES string of the molecule is CCCCCCCCOC(=O)/C=C/C(=O)OC(CC)[Si](C)(C)O[Si](C)(C)C. The number of rotatable bonds is 14. The second-order valence-corrected chi connectivity index (χ2v) is 17.3. The van der Waals surface area contributed by atoms with Crippen LogP contribution in [0.15, 0.2) is 12.2 Å². The van der Waals surface area contributed by atoms with Gasteiger partial charge in [0, 0.05) is 12.2 Å². The summed E-state index contributed by atoms with van der Waals surface area (Å²) in [4.78, 5) is 23.8. The molecule has 0 aromatic heterocycles. The average molecular weight is 417 g/mol. The Labute approximate surface area is 168 Å². The molecule has 0 heterocycles. The third-order valence-electron chi connectivity index (χ3n) is 4.07. The highest BCUT2D eigenvalue weighted by atomic mass is 28.4. The molecule has 0 radical (unpaired) electrons. The molecule has 0 aromatic rings. The van der Waals surface area contributed by atoms with Gasteiger partial charge in [0.25, 0.3) is 0 Å². The first-order chi connectivity index (χ1) is 12.5. The molecule has 0 aromatic carbocycles. The Hall–Kier alpha value is -0.926. The Kier molecular flexibility index (Phi) is 12.8. The van der Waals surface area contributed by atoms with Crippen LogP contribution < -0.4 is 0 Å².